The van der Waals surface area contributed by atoms with Gasteiger partial charge in [0, 0.05) is 25.6 Å². The number of benzene rings is 1. The summed E-state index contributed by atoms with van der Waals surface area (Å²) in [5.41, 5.74) is 0.414. The summed E-state index contributed by atoms with van der Waals surface area (Å²) in [4.78, 5) is 60.1. The number of methoxy groups -OCH3 is 1. The normalized spacial score (nSPS) is 23.3. The van der Waals surface area contributed by atoms with E-state index in [4.69, 9.17) is 23.7 Å². The lowest BCUT2D eigenvalue weighted by atomic mass is 9.98. The molecule has 0 radical (unpaired) electrons. The predicted molar refractivity (Wildman–Crippen MR) is 123 cm³/mol. The monoisotopic (exact) mass is 509 g/mol. The van der Waals surface area contributed by atoms with E-state index in [1.54, 1.807) is 30.3 Å². The van der Waals surface area contributed by atoms with Gasteiger partial charge >= 0.3 is 18.0 Å². The summed E-state index contributed by atoms with van der Waals surface area (Å²) in [5.74, 6) is -2.11. The zero-order valence-electron chi connectivity index (χ0n) is 20.3. The first kappa shape index (κ1) is 28.9. The van der Waals surface area contributed by atoms with Crippen LogP contribution in [0.15, 0.2) is 30.3 Å². The molecule has 0 aromatic heterocycles. The molecule has 0 aliphatic carbocycles. The van der Waals surface area contributed by atoms with Crippen LogP contribution in [0.4, 0.5) is 10.5 Å². The van der Waals surface area contributed by atoms with Crippen LogP contribution in [-0.2, 0) is 42.9 Å². The van der Waals surface area contributed by atoms with Crippen molar-refractivity contribution in [3.8, 4) is 0 Å². The minimum Gasteiger partial charge on any atom is -0.454 e. The summed E-state index contributed by atoms with van der Waals surface area (Å²) in [6.45, 7) is 1.97. The molecule has 0 spiro atoms. The third-order valence-corrected chi connectivity index (χ3v) is 5.16. The van der Waals surface area contributed by atoms with E-state index in [0.717, 1.165) is 0 Å². The molecule has 0 bridgehead atoms. The van der Waals surface area contributed by atoms with E-state index in [0.29, 0.717) is 5.69 Å². The number of nitrogens with one attached hydrogen (secondary N) is 1. The van der Waals surface area contributed by atoms with Gasteiger partial charge in [-0.05, 0) is 26.0 Å². The van der Waals surface area contributed by atoms with Crippen LogP contribution in [0.25, 0.3) is 0 Å². The zero-order valence-corrected chi connectivity index (χ0v) is 20.3. The Kier molecular flexibility index (Phi) is 11.4. The number of carbonyl (C=O) groups excluding carboxylic acids is 5. The summed E-state index contributed by atoms with van der Waals surface area (Å²) < 4.78 is 27.3. The molecule has 1 saturated heterocycles. The Morgan fingerprint density at radius 3 is 1.89 bits per heavy atom. The van der Waals surface area contributed by atoms with E-state index in [-0.39, 0.29) is 37.2 Å². The maximum Gasteiger partial charge on any atom is 0.412 e. The third-order valence-electron chi connectivity index (χ3n) is 5.16. The quantitative estimate of drug-likeness (QED) is 0.310. The van der Waals surface area contributed by atoms with Crippen molar-refractivity contribution in [2.45, 2.75) is 70.2 Å². The van der Waals surface area contributed by atoms with Gasteiger partial charge in [-0.3, -0.25) is 14.9 Å². The number of hydrogen-bond acceptors (Lipinski definition) is 11. The number of ether oxygens (including phenoxy) is 5. The number of para-hydroxylation sites is 1. The van der Waals surface area contributed by atoms with E-state index in [1.165, 1.54) is 21.0 Å². The summed E-state index contributed by atoms with van der Waals surface area (Å²) in [5, 5.41) is 12.4. The number of carbonyl (C=O) groups is 5. The molecule has 1 aliphatic heterocycles. The van der Waals surface area contributed by atoms with Crippen molar-refractivity contribution in [3.63, 3.8) is 0 Å². The first-order valence-electron chi connectivity index (χ1n) is 11.3. The van der Waals surface area contributed by atoms with Crippen molar-refractivity contribution in [2.24, 2.45) is 0 Å². The molecular weight excluding hydrogens is 478 g/mol. The highest BCUT2D eigenvalue weighted by Gasteiger charge is 2.52. The molecular formula is C24H31NO11. The average molecular weight is 510 g/mol. The fourth-order valence-corrected chi connectivity index (χ4v) is 3.39. The molecule has 1 aromatic carbocycles. The Hall–Kier alpha value is -3.35. The van der Waals surface area contributed by atoms with Crippen LogP contribution in [0.5, 0.6) is 0 Å². The van der Waals surface area contributed by atoms with Gasteiger partial charge in [0.05, 0.1) is 19.4 Å². The van der Waals surface area contributed by atoms with Gasteiger partial charge in [-0.15, -0.1) is 0 Å². The molecule has 2 rings (SSSR count). The zero-order chi connectivity index (χ0) is 26.7. The molecule has 36 heavy (non-hydrogen) atoms. The molecule has 1 amide bonds. The highest BCUT2D eigenvalue weighted by atomic mass is 16.7. The van der Waals surface area contributed by atoms with Gasteiger partial charge in [-0.1, -0.05) is 18.2 Å². The third kappa shape index (κ3) is 9.02. The molecule has 0 saturated carbocycles. The van der Waals surface area contributed by atoms with E-state index in [2.05, 4.69) is 5.32 Å². The van der Waals surface area contributed by atoms with Gasteiger partial charge in [0.15, 0.2) is 24.6 Å². The van der Waals surface area contributed by atoms with Crippen LogP contribution in [0, 0.1) is 0 Å². The van der Waals surface area contributed by atoms with Gasteiger partial charge in [0.1, 0.15) is 17.7 Å². The van der Waals surface area contributed by atoms with Gasteiger partial charge in [0.2, 0.25) is 0 Å². The van der Waals surface area contributed by atoms with Crippen LogP contribution < -0.4 is 5.32 Å². The van der Waals surface area contributed by atoms with Crippen molar-refractivity contribution >= 4 is 35.3 Å². The van der Waals surface area contributed by atoms with Crippen molar-refractivity contribution in [1.82, 2.24) is 0 Å². The number of aliphatic hydroxyl groups excluding tert-OH is 1. The topological polar surface area (TPSA) is 164 Å². The van der Waals surface area contributed by atoms with Crippen LogP contribution >= 0.6 is 0 Å². The second kappa shape index (κ2) is 14.3. The molecule has 1 heterocycles. The molecule has 0 unspecified atom stereocenters. The summed E-state index contributed by atoms with van der Waals surface area (Å²) in [7, 11) is 1.24. The summed E-state index contributed by atoms with van der Waals surface area (Å²) in [6.07, 6.45) is -8.45. The maximum atomic E-state index is 12.6. The molecule has 12 nitrogen and oxygen atoms in total. The van der Waals surface area contributed by atoms with E-state index >= 15 is 0 Å². The Labute approximate surface area is 208 Å². The van der Waals surface area contributed by atoms with Crippen molar-refractivity contribution in [2.75, 3.05) is 19.0 Å². The highest BCUT2D eigenvalue weighted by molar-refractivity contribution is 5.85. The Morgan fingerprint density at radius 2 is 1.39 bits per heavy atom. The minimum absolute atomic E-state index is 0.0776. The number of ketones is 2. The van der Waals surface area contributed by atoms with E-state index in [9.17, 15) is 29.1 Å². The minimum atomic E-state index is -1.46. The number of aliphatic hydroxyl groups is 1. The van der Waals surface area contributed by atoms with Crippen LogP contribution in [0.1, 0.15) is 39.5 Å². The Morgan fingerprint density at radius 1 is 0.833 bits per heavy atom. The smallest absolute Gasteiger partial charge is 0.412 e. The molecule has 1 aromatic rings. The Balaban J connectivity index is 2.31. The largest absolute Gasteiger partial charge is 0.454 e. The molecule has 2 N–H and O–H groups in total. The van der Waals surface area contributed by atoms with Crippen molar-refractivity contribution in [1.29, 1.82) is 0 Å². The average Bonchev–Trinajstić information content (AvgIpc) is 2.84. The molecule has 5 atom stereocenters. The fraction of sp³-hybridized carbons (Fsp3) is 0.542. The maximum absolute atomic E-state index is 12.6. The highest BCUT2D eigenvalue weighted by Crippen LogP contribution is 2.30. The second-order valence-corrected chi connectivity index (χ2v) is 8.14. The lowest BCUT2D eigenvalue weighted by Crippen LogP contribution is -2.63. The number of hydrogen-bond donors (Lipinski definition) is 2. The van der Waals surface area contributed by atoms with Crippen LogP contribution in [0.3, 0.4) is 0 Å². The van der Waals surface area contributed by atoms with Gasteiger partial charge in [-0.2, -0.15) is 0 Å². The number of rotatable bonds is 12. The summed E-state index contributed by atoms with van der Waals surface area (Å²) >= 11 is 0. The first-order chi connectivity index (χ1) is 17.1. The standard InChI is InChI=1S/C24H31NO11/c1-14(27)9-11-18(29)34-21-20(36-24(31)25-16-7-5-4-6-8-16)17(13-26)33-23(32-3)22(21)35-19(30)12-10-15(2)28/h4-8,17,20-23,26H,9-13H2,1-3H3,(H,25,31)/t17-,20-,21+,22+,23+/m1/s1. The first-order valence-corrected chi connectivity index (χ1v) is 11.3. The predicted octanol–water partition coefficient (Wildman–Crippen LogP) is 1.53. The number of anilines is 1. The molecule has 198 valence electrons. The number of amides is 1. The van der Waals surface area contributed by atoms with Crippen LogP contribution in [-0.4, -0.2) is 79.1 Å². The second-order valence-electron chi connectivity index (χ2n) is 8.14. The number of esters is 2. The van der Waals surface area contributed by atoms with Crippen LogP contribution in [0.2, 0.25) is 0 Å². The van der Waals surface area contributed by atoms with Gasteiger partial charge in [0.25, 0.3) is 0 Å². The van der Waals surface area contributed by atoms with Gasteiger partial charge < -0.3 is 38.4 Å². The molecule has 1 fully saturated rings. The van der Waals surface area contributed by atoms with Crippen molar-refractivity contribution in [3.05, 3.63) is 30.3 Å². The Bertz CT molecular complexity index is 920. The van der Waals surface area contributed by atoms with Gasteiger partial charge in [-0.25, -0.2) is 4.79 Å². The lowest BCUT2D eigenvalue weighted by molar-refractivity contribution is -0.299. The molecule has 12 heteroatoms. The SMILES string of the molecule is CO[C@H]1O[C@H](CO)[C@@H](OC(=O)Nc2ccccc2)[C@H](OC(=O)CCC(C)=O)[C@@H]1OC(=O)CCC(C)=O. The fourth-order valence-electron chi connectivity index (χ4n) is 3.39. The number of Topliss-reactive ketones (excluding diaryl/α,β-unsaturated/α-hetero) is 2. The van der Waals surface area contributed by atoms with E-state index < -0.39 is 55.3 Å². The van der Waals surface area contributed by atoms with E-state index in [1.807, 2.05) is 0 Å². The lowest BCUT2D eigenvalue weighted by Gasteiger charge is -2.43. The van der Waals surface area contributed by atoms with Crippen molar-refractivity contribution < 1.29 is 52.8 Å². The molecule has 1 aliphatic rings. The summed E-state index contributed by atoms with van der Waals surface area (Å²) in [6, 6.07) is 8.36.